The number of phenols is 2. The lowest BCUT2D eigenvalue weighted by Gasteiger charge is -2.55. The Hall–Kier alpha value is -6.08. The molecule has 0 spiro atoms. The number of imide groups is 1. The number of Topliss-reactive ketones (excluding diaryl/α,β-unsaturated/α-hetero) is 1. The summed E-state index contributed by atoms with van der Waals surface area (Å²) in [5, 5.41) is 23.3. The van der Waals surface area contributed by atoms with Gasteiger partial charge in [0.15, 0.2) is 11.6 Å². The van der Waals surface area contributed by atoms with E-state index in [9.17, 15) is 19.8 Å². The summed E-state index contributed by atoms with van der Waals surface area (Å²) >= 11 is 0. The number of fused-ring (bicyclic) bond motifs is 5. The number of benzene rings is 5. The summed E-state index contributed by atoms with van der Waals surface area (Å²) in [5.74, 6) is -4.30. The van der Waals surface area contributed by atoms with E-state index in [1.807, 2.05) is 97.1 Å². The molecule has 2 amide bonds. The molecule has 2 N–H and O–H groups in total. The number of rotatable bonds is 6. The zero-order valence-electron chi connectivity index (χ0n) is 28.9. The number of carbonyl (C=O) groups is 4. The molecule has 4 aliphatic rings. The Balaban J connectivity index is 1.25. The van der Waals surface area contributed by atoms with Crippen molar-refractivity contribution in [1.29, 1.82) is 0 Å². The molecule has 0 unspecified atom stereocenters. The third kappa shape index (κ3) is 4.94. The van der Waals surface area contributed by atoms with Gasteiger partial charge >= 0.3 is 0 Å². The standard InChI is InChI=1S/C46H37NO6/c48-31-18-15-27(16-19-31)23-24-47-44(52)34-21-20-33-36(40(34)45(47)53)25-37-43(51)35(28-9-3-1-4-10-28)26-39(50)46(37,30-12-5-2-6-13-30)42(33)41-32-14-8-7-11-29(32)17-22-38(41)49/h1-20,22,26,34,36-37,40,42,48-49H,21,23-25H2/t34-,36+,37-,40-,42+,46-/m0/s1. The van der Waals surface area contributed by atoms with E-state index in [-0.39, 0.29) is 47.8 Å². The van der Waals surface area contributed by atoms with Crippen molar-refractivity contribution in [2.24, 2.45) is 23.7 Å². The molecule has 1 saturated carbocycles. The largest absolute Gasteiger partial charge is 0.508 e. The normalized spacial score (nSPS) is 26.5. The number of phenolic OH excluding ortho intramolecular Hbond substituents is 2. The summed E-state index contributed by atoms with van der Waals surface area (Å²) in [6.45, 7) is 0.195. The van der Waals surface area contributed by atoms with Crippen molar-refractivity contribution in [2.75, 3.05) is 6.54 Å². The molecule has 1 saturated heterocycles. The maximum atomic E-state index is 15.3. The molecule has 6 atom stereocenters. The molecule has 5 aromatic carbocycles. The van der Waals surface area contributed by atoms with Crippen molar-refractivity contribution in [3.63, 3.8) is 0 Å². The predicted molar refractivity (Wildman–Crippen MR) is 201 cm³/mol. The van der Waals surface area contributed by atoms with Crippen molar-refractivity contribution in [3.05, 3.63) is 161 Å². The Bertz CT molecular complexity index is 2380. The summed E-state index contributed by atoms with van der Waals surface area (Å²) in [6.07, 6.45) is 4.47. The van der Waals surface area contributed by atoms with Crippen LogP contribution in [0.15, 0.2) is 139 Å². The van der Waals surface area contributed by atoms with Gasteiger partial charge in [0.25, 0.3) is 0 Å². The molecule has 7 heteroatoms. The minimum absolute atomic E-state index is 0.00821. The molecule has 5 aromatic rings. The Morgan fingerprint density at radius 3 is 2.17 bits per heavy atom. The molecule has 9 rings (SSSR count). The highest BCUT2D eigenvalue weighted by molar-refractivity contribution is 6.32. The van der Waals surface area contributed by atoms with E-state index in [0.717, 1.165) is 21.9 Å². The molecule has 53 heavy (non-hydrogen) atoms. The van der Waals surface area contributed by atoms with Crippen molar-refractivity contribution in [3.8, 4) is 11.5 Å². The number of aromatic hydroxyl groups is 2. The van der Waals surface area contributed by atoms with Gasteiger partial charge in [-0.15, -0.1) is 0 Å². The van der Waals surface area contributed by atoms with Crippen molar-refractivity contribution in [1.82, 2.24) is 4.90 Å². The average molecular weight is 700 g/mol. The van der Waals surface area contributed by atoms with E-state index in [2.05, 4.69) is 0 Å². The molecule has 0 radical (unpaired) electrons. The highest BCUT2D eigenvalue weighted by atomic mass is 16.3. The van der Waals surface area contributed by atoms with Gasteiger partial charge < -0.3 is 10.2 Å². The van der Waals surface area contributed by atoms with Crippen LogP contribution in [0, 0.1) is 23.7 Å². The second-order valence-electron chi connectivity index (χ2n) is 14.8. The van der Waals surface area contributed by atoms with Crippen molar-refractivity contribution in [2.45, 2.75) is 30.6 Å². The van der Waals surface area contributed by atoms with Crippen molar-refractivity contribution < 1.29 is 29.4 Å². The van der Waals surface area contributed by atoms with Gasteiger partial charge in [-0.1, -0.05) is 115 Å². The zero-order valence-corrected chi connectivity index (χ0v) is 28.9. The summed E-state index contributed by atoms with van der Waals surface area (Å²) < 4.78 is 0. The Kier molecular flexibility index (Phi) is 7.77. The molecular formula is C46H37NO6. The highest BCUT2D eigenvalue weighted by Crippen LogP contribution is 2.65. The Morgan fingerprint density at radius 1 is 0.717 bits per heavy atom. The number of likely N-dealkylation sites (tertiary alicyclic amines) is 1. The first-order chi connectivity index (χ1) is 25.8. The number of amides is 2. The van der Waals surface area contributed by atoms with Crippen LogP contribution in [0.2, 0.25) is 0 Å². The lowest BCUT2D eigenvalue weighted by Crippen LogP contribution is -2.58. The summed E-state index contributed by atoms with van der Waals surface area (Å²) in [5.41, 5.74) is 2.47. The monoisotopic (exact) mass is 699 g/mol. The van der Waals surface area contributed by atoms with Gasteiger partial charge in [-0.05, 0) is 76.9 Å². The number of nitrogens with zero attached hydrogens (tertiary/aromatic N) is 1. The molecule has 1 aliphatic heterocycles. The molecule has 1 heterocycles. The lowest BCUT2D eigenvalue weighted by molar-refractivity contribution is -0.140. The highest BCUT2D eigenvalue weighted by Gasteiger charge is 2.66. The topological polar surface area (TPSA) is 112 Å². The first kappa shape index (κ1) is 32.8. The van der Waals surface area contributed by atoms with E-state index in [4.69, 9.17) is 0 Å². The minimum Gasteiger partial charge on any atom is -0.508 e. The van der Waals surface area contributed by atoms with E-state index < -0.39 is 35.0 Å². The molecular weight excluding hydrogens is 663 g/mol. The first-order valence-corrected chi connectivity index (χ1v) is 18.2. The summed E-state index contributed by atoms with van der Waals surface area (Å²) in [7, 11) is 0. The lowest BCUT2D eigenvalue weighted by atomic mass is 9.44. The predicted octanol–water partition coefficient (Wildman–Crippen LogP) is 7.32. The minimum atomic E-state index is -1.43. The van der Waals surface area contributed by atoms with Crippen LogP contribution in [0.3, 0.4) is 0 Å². The SMILES string of the molecule is O=C1C(c2ccccc2)=CC(=O)[C@@]2(c3ccccc3)[C@@H](c3c(O)ccc4ccccc34)C3=CC[C@@H]4C(=O)N(CCc5ccc(O)cc5)C(=O)[C@@H]4[C@@H]3C[C@@H]12. The van der Waals surface area contributed by atoms with E-state index in [1.54, 1.807) is 30.3 Å². The van der Waals surface area contributed by atoms with Gasteiger partial charge in [0.2, 0.25) is 11.8 Å². The molecule has 3 aliphatic carbocycles. The Morgan fingerprint density at radius 2 is 1.42 bits per heavy atom. The molecule has 262 valence electrons. The third-order valence-electron chi connectivity index (χ3n) is 12.3. The quantitative estimate of drug-likeness (QED) is 0.142. The van der Waals surface area contributed by atoms with Crippen LogP contribution < -0.4 is 0 Å². The summed E-state index contributed by atoms with van der Waals surface area (Å²) in [4.78, 5) is 60.5. The number of hydrogen-bond acceptors (Lipinski definition) is 6. The zero-order chi connectivity index (χ0) is 36.4. The van der Waals surface area contributed by atoms with Gasteiger partial charge in [-0.2, -0.15) is 0 Å². The number of ketones is 2. The molecule has 2 fully saturated rings. The maximum absolute atomic E-state index is 15.3. The van der Waals surface area contributed by atoms with Crippen LogP contribution in [0.5, 0.6) is 11.5 Å². The van der Waals surface area contributed by atoms with Gasteiger partial charge in [0.1, 0.15) is 11.5 Å². The average Bonchev–Trinajstić information content (AvgIpc) is 3.44. The summed E-state index contributed by atoms with van der Waals surface area (Å²) in [6, 6.07) is 36.6. The smallest absolute Gasteiger partial charge is 0.233 e. The fraction of sp³-hybridized carbons (Fsp3) is 0.217. The van der Waals surface area contributed by atoms with Gasteiger partial charge in [0.05, 0.1) is 17.3 Å². The van der Waals surface area contributed by atoms with Crippen molar-refractivity contribution >= 4 is 39.7 Å². The second kappa shape index (κ2) is 12.6. The fourth-order valence-corrected chi connectivity index (χ4v) is 9.96. The third-order valence-corrected chi connectivity index (χ3v) is 12.3. The van der Waals surface area contributed by atoms with E-state index in [1.165, 1.54) is 11.0 Å². The van der Waals surface area contributed by atoms with Gasteiger partial charge in [0, 0.05) is 29.5 Å². The number of carbonyl (C=O) groups excluding carboxylic acids is 4. The molecule has 0 bridgehead atoms. The van der Waals surface area contributed by atoms with Crippen LogP contribution in [0.4, 0.5) is 0 Å². The fourth-order valence-electron chi connectivity index (χ4n) is 9.96. The number of allylic oxidation sites excluding steroid dienone is 4. The van der Waals surface area contributed by atoms with Gasteiger partial charge in [-0.25, -0.2) is 0 Å². The molecule has 0 aromatic heterocycles. The van der Waals surface area contributed by atoms with E-state index >= 15 is 9.59 Å². The van der Waals surface area contributed by atoms with Crippen LogP contribution >= 0.6 is 0 Å². The number of hydrogen-bond donors (Lipinski definition) is 2. The first-order valence-electron chi connectivity index (χ1n) is 18.2. The second-order valence-corrected chi connectivity index (χ2v) is 14.8. The van der Waals surface area contributed by atoms with E-state index in [0.29, 0.717) is 35.1 Å². The van der Waals surface area contributed by atoms with Crippen LogP contribution in [-0.2, 0) is 31.0 Å². The van der Waals surface area contributed by atoms with Crippen LogP contribution in [0.1, 0.15) is 41.0 Å². The van der Waals surface area contributed by atoms with Crippen LogP contribution in [-0.4, -0.2) is 45.0 Å². The maximum Gasteiger partial charge on any atom is 0.233 e. The molecule has 7 nitrogen and oxygen atoms in total. The van der Waals surface area contributed by atoms with Gasteiger partial charge in [-0.3, -0.25) is 24.1 Å². The van der Waals surface area contributed by atoms with Crippen LogP contribution in [0.25, 0.3) is 16.3 Å². The Labute approximate surface area is 306 Å².